The van der Waals surface area contributed by atoms with Gasteiger partial charge in [-0.15, -0.1) is 11.8 Å². The van der Waals surface area contributed by atoms with Crippen LogP contribution in [0, 0.1) is 0 Å². The molecule has 1 saturated heterocycles. The number of ether oxygens (including phenoxy) is 1. The highest BCUT2D eigenvalue weighted by atomic mass is 32.2. The van der Waals surface area contributed by atoms with Gasteiger partial charge in [-0.2, -0.15) is 0 Å². The van der Waals surface area contributed by atoms with E-state index in [0.717, 1.165) is 18.6 Å². The first-order valence-electron chi connectivity index (χ1n) is 4.57. The van der Waals surface area contributed by atoms with Crippen molar-refractivity contribution in [3.8, 4) is 0 Å². The summed E-state index contributed by atoms with van der Waals surface area (Å²) in [4.78, 5) is 22.4. The van der Waals surface area contributed by atoms with Crippen molar-refractivity contribution in [1.82, 2.24) is 5.32 Å². The number of rotatable bonds is 3. The van der Waals surface area contributed by atoms with Gasteiger partial charge in [-0.25, -0.2) is 0 Å². The Kier molecular flexibility index (Phi) is 3.80. The van der Waals surface area contributed by atoms with Crippen LogP contribution in [0.5, 0.6) is 0 Å². The summed E-state index contributed by atoms with van der Waals surface area (Å²) in [6, 6.07) is 0. The average molecular weight is 217 g/mol. The predicted octanol–water partition coefficient (Wildman–Crippen LogP) is 0.561. The van der Waals surface area contributed by atoms with Crippen molar-refractivity contribution in [3.05, 3.63) is 0 Å². The van der Waals surface area contributed by atoms with Gasteiger partial charge in [0.1, 0.15) is 6.54 Å². The van der Waals surface area contributed by atoms with Gasteiger partial charge in [-0.1, -0.05) is 0 Å². The van der Waals surface area contributed by atoms with Gasteiger partial charge in [0.15, 0.2) is 0 Å². The van der Waals surface area contributed by atoms with Crippen LogP contribution in [-0.2, 0) is 14.3 Å². The molecule has 5 heteroatoms. The zero-order chi connectivity index (χ0) is 10.6. The van der Waals surface area contributed by atoms with E-state index in [2.05, 4.69) is 10.1 Å². The van der Waals surface area contributed by atoms with Crippen LogP contribution in [0.4, 0.5) is 0 Å². The minimum Gasteiger partial charge on any atom is -0.468 e. The number of thioether (sulfide) groups is 1. The van der Waals surface area contributed by atoms with Gasteiger partial charge in [-0.05, 0) is 25.5 Å². The molecular weight excluding hydrogens is 202 g/mol. The molecule has 0 spiro atoms. The van der Waals surface area contributed by atoms with Gasteiger partial charge in [0.05, 0.1) is 11.9 Å². The lowest BCUT2D eigenvalue weighted by atomic mass is 10.1. The highest BCUT2D eigenvalue weighted by Gasteiger charge is 2.37. The highest BCUT2D eigenvalue weighted by Crippen LogP contribution is 2.37. The van der Waals surface area contributed by atoms with E-state index < -0.39 is 5.97 Å². The number of nitrogens with one attached hydrogen (secondary N) is 1. The lowest BCUT2D eigenvalue weighted by molar-refractivity contribution is -0.141. The van der Waals surface area contributed by atoms with Crippen LogP contribution < -0.4 is 5.32 Å². The van der Waals surface area contributed by atoms with Gasteiger partial charge in [-0.3, -0.25) is 9.59 Å². The standard InChI is InChI=1S/C9H15NO3S/c1-9(4-3-5-14-9)8(12)10-6-7(11)13-2/h3-6H2,1-2H3,(H,10,12). The highest BCUT2D eigenvalue weighted by molar-refractivity contribution is 8.01. The van der Waals surface area contributed by atoms with Crippen molar-refractivity contribution in [2.45, 2.75) is 24.5 Å². The molecule has 0 aliphatic carbocycles. The zero-order valence-corrected chi connectivity index (χ0v) is 9.28. The fourth-order valence-electron chi connectivity index (χ4n) is 1.37. The fraction of sp³-hybridized carbons (Fsp3) is 0.778. The largest absolute Gasteiger partial charge is 0.468 e. The lowest BCUT2D eigenvalue weighted by Gasteiger charge is -2.20. The maximum Gasteiger partial charge on any atom is 0.325 e. The van der Waals surface area contributed by atoms with Crippen molar-refractivity contribution in [2.75, 3.05) is 19.4 Å². The molecule has 1 aliphatic heterocycles. The van der Waals surface area contributed by atoms with E-state index >= 15 is 0 Å². The van der Waals surface area contributed by atoms with E-state index in [1.54, 1.807) is 11.8 Å². The predicted molar refractivity (Wildman–Crippen MR) is 55.1 cm³/mol. The second-order valence-electron chi connectivity index (χ2n) is 3.44. The van der Waals surface area contributed by atoms with E-state index in [0.29, 0.717) is 0 Å². The van der Waals surface area contributed by atoms with E-state index in [1.807, 2.05) is 6.92 Å². The molecule has 4 nitrogen and oxygen atoms in total. The van der Waals surface area contributed by atoms with Gasteiger partial charge in [0.25, 0.3) is 0 Å². The molecule has 14 heavy (non-hydrogen) atoms. The fourth-order valence-corrected chi connectivity index (χ4v) is 2.60. The Morgan fingerprint density at radius 3 is 2.79 bits per heavy atom. The summed E-state index contributed by atoms with van der Waals surface area (Å²) in [6.45, 7) is 1.88. The zero-order valence-electron chi connectivity index (χ0n) is 8.46. The molecule has 0 radical (unpaired) electrons. The summed E-state index contributed by atoms with van der Waals surface area (Å²) in [7, 11) is 1.31. The monoisotopic (exact) mass is 217 g/mol. The normalized spacial score (nSPS) is 25.9. The second kappa shape index (κ2) is 4.68. The van der Waals surface area contributed by atoms with Gasteiger partial charge in [0, 0.05) is 0 Å². The SMILES string of the molecule is COC(=O)CNC(=O)C1(C)CCCS1. The number of hydrogen-bond acceptors (Lipinski definition) is 4. The Morgan fingerprint density at radius 1 is 1.57 bits per heavy atom. The molecule has 1 atom stereocenters. The van der Waals surface area contributed by atoms with Crippen LogP contribution in [0.3, 0.4) is 0 Å². The van der Waals surface area contributed by atoms with E-state index in [-0.39, 0.29) is 17.2 Å². The molecule has 1 N–H and O–H groups in total. The summed E-state index contributed by atoms with van der Waals surface area (Å²) >= 11 is 1.65. The molecule has 1 rings (SSSR count). The maximum absolute atomic E-state index is 11.6. The first-order chi connectivity index (χ1) is 6.58. The smallest absolute Gasteiger partial charge is 0.325 e. The van der Waals surface area contributed by atoms with Crippen molar-refractivity contribution >= 4 is 23.6 Å². The maximum atomic E-state index is 11.6. The third-order valence-corrected chi connectivity index (χ3v) is 3.84. The van der Waals surface area contributed by atoms with Crippen molar-refractivity contribution in [1.29, 1.82) is 0 Å². The summed E-state index contributed by atoms with van der Waals surface area (Å²) in [6.07, 6.45) is 1.94. The van der Waals surface area contributed by atoms with E-state index in [4.69, 9.17) is 0 Å². The van der Waals surface area contributed by atoms with E-state index in [1.165, 1.54) is 7.11 Å². The Labute approximate surface area is 87.8 Å². The average Bonchev–Trinajstić information content (AvgIpc) is 2.62. The van der Waals surface area contributed by atoms with Gasteiger partial charge in [0.2, 0.25) is 5.91 Å². The van der Waals surface area contributed by atoms with Crippen LogP contribution in [-0.4, -0.2) is 36.0 Å². The number of carbonyl (C=O) groups excluding carboxylic acids is 2. The summed E-state index contributed by atoms with van der Waals surface area (Å²) in [5.41, 5.74) is 0. The summed E-state index contributed by atoms with van der Waals surface area (Å²) < 4.78 is 4.08. The topological polar surface area (TPSA) is 55.4 Å². The lowest BCUT2D eigenvalue weighted by Crippen LogP contribution is -2.42. The first kappa shape index (κ1) is 11.4. The molecule has 1 amide bonds. The van der Waals surface area contributed by atoms with Crippen LogP contribution >= 0.6 is 11.8 Å². The quantitative estimate of drug-likeness (QED) is 0.702. The summed E-state index contributed by atoms with van der Waals surface area (Å²) in [5, 5.41) is 2.58. The Bertz CT molecular complexity index is 236. The third-order valence-electron chi connectivity index (χ3n) is 2.32. The number of hydrogen-bond donors (Lipinski definition) is 1. The van der Waals surface area contributed by atoms with Gasteiger partial charge < -0.3 is 10.1 Å². The minimum absolute atomic E-state index is 0.0362. The van der Waals surface area contributed by atoms with Crippen molar-refractivity contribution in [3.63, 3.8) is 0 Å². The van der Waals surface area contributed by atoms with E-state index in [9.17, 15) is 9.59 Å². The molecule has 1 fully saturated rings. The molecule has 1 unspecified atom stereocenters. The minimum atomic E-state index is -0.412. The molecule has 80 valence electrons. The molecule has 0 saturated carbocycles. The molecular formula is C9H15NO3S. The van der Waals surface area contributed by atoms with Crippen LogP contribution in [0.25, 0.3) is 0 Å². The van der Waals surface area contributed by atoms with Crippen LogP contribution in [0.15, 0.2) is 0 Å². The van der Waals surface area contributed by atoms with Crippen LogP contribution in [0.1, 0.15) is 19.8 Å². The third kappa shape index (κ3) is 2.64. The van der Waals surface area contributed by atoms with Crippen molar-refractivity contribution < 1.29 is 14.3 Å². The number of carbonyl (C=O) groups is 2. The number of methoxy groups -OCH3 is 1. The van der Waals surface area contributed by atoms with Gasteiger partial charge >= 0.3 is 5.97 Å². The molecule has 0 aromatic carbocycles. The van der Waals surface area contributed by atoms with Crippen molar-refractivity contribution in [2.24, 2.45) is 0 Å². The molecule has 0 aromatic rings. The Balaban J connectivity index is 2.38. The molecule has 0 bridgehead atoms. The molecule has 0 aromatic heterocycles. The second-order valence-corrected chi connectivity index (χ2v) is 5.04. The number of esters is 1. The summed E-state index contributed by atoms with van der Waals surface area (Å²) in [5.74, 6) is 0.539. The number of amides is 1. The Hall–Kier alpha value is -0.710. The van der Waals surface area contributed by atoms with Crippen LogP contribution in [0.2, 0.25) is 0 Å². The molecule has 1 aliphatic rings. The first-order valence-corrected chi connectivity index (χ1v) is 5.56. The molecule has 1 heterocycles. The Morgan fingerprint density at radius 2 is 2.29 bits per heavy atom.